The highest BCUT2D eigenvalue weighted by molar-refractivity contribution is 7.99. The molecule has 6 heterocycles. The molecular formula is C43H47N9O7S. The summed E-state index contributed by atoms with van der Waals surface area (Å²) >= 11 is 1.48. The van der Waals surface area contributed by atoms with Crippen molar-refractivity contribution in [3.63, 3.8) is 0 Å². The van der Waals surface area contributed by atoms with Crippen molar-refractivity contribution >= 4 is 75.6 Å². The van der Waals surface area contributed by atoms with E-state index in [1.165, 1.54) is 18.7 Å². The number of aryl methyl sites for hydroxylation is 1. The summed E-state index contributed by atoms with van der Waals surface area (Å²) in [6.07, 6.45) is 10.2. The molecule has 8 rings (SSSR count). The second kappa shape index (κ2) is 17.3. The van der Waals surface area contributed by atoms with Crippen LogP contribution in [-0.2, 0) is 14.4 Å². The average molecular weight is 834 g/mol. The molecule has 3 fully saturated rings. The first-order valence-electron chi connectivity index (χ1n) is 20.7. The monoisotopic (exact) mass is 833 g/mol. The maximum absolute atomic E-state index is 13.6. The SMILES string of the molecule is CC(=O)c1c(C)c2cnc(Nc3ccc(N4CCN(C(=O)CCCCCSc5cccc6c5C(=O)N(C5CCC(=O)NC5=O)C6=O)CC4)cn3)nc2n(C2CCCC2)c1=O. The number of fused-ring (bicyclic) bond motifs is 2. The van der Waals surface area contributed by atoms with E-state index in [0.717, 1.165) is 55.5 Å². The lowest BCUT2D eigenvalue weighted by molar-refractivity contribution is -0.136. The number of carbonyl (C=O) groups is 6. The van der Waals surface area contributed by atoms with Gasteiger partial charge in [0.1, 0.15) is 17.5 Å². The van der Waals surface area contributed by atoms with Crippen LogP contribution in [0.3, 0.4) is 0 Å². The van der Waals surface area contributed by atoms with Crippen molar-refractivity contribution in [3.8, 4) is 0 Å². The number of thioether (sulfide) groups is 1. The smallest absolute Gasteiger partial charge is 0.263 e. The number of amides is 5. The van der Waals surface area contributed by atoms with Gasteiger partial charge in [-0.25, -0.2) is 9.97 Å². The number of hydrogen-bond acceptors (Lipinski definition) is 13. The van der Waals surface area contributed by atoms with Crippen LogP contribution in [0.4, 0.5) is 17.5 Å². The van der Waals surface area contributed by atoms with Crippen LogP contribution >= 0.6 is 11.8 Å². The highest BCUT2D eigenvalue weighted by Crippen LogP contribution is 2.35. The number of aromatic nitrogens is 4. The van der Waals surface area contributed by atoms with Crippen LogP contribution in [0.1, 0.15) is 114 Å². The van der Waals surface area contributed by atoms with Crippen molar-refractivity contribution in [2.75, 3.05) is 42.1 Å². The number of benzene rings is 1. The van der Waals surface area contributed by atoms with Crippen LogP contribution in [0, 0.1) is 6.92 Å². The van der Waals surface area contributed by atoms with Crippen molar-refractivity contribution in [1.82, 2.24) is 34.6 Å². The maximum Gasteiger partial charge on any atom is 0.263 e. The highest BCUT2D eigenvalue weighted by Gasteiger charge is 2.45. The Morgan fingerprint density at radius 2 is 1.68 bits per heavy atom. The van der Waals surface area contributed by atoms with Crippen LogP contribution in [-0.4, -0.2) is 103 Å². The molecule has 0 bridgehead atoms. The molecule has 2 N–H and O–H groups in total. The molecule has 4 aromatic rings. The van der Waals surface area contributed by atoms with Gasteiger partial charge in [-0.3, -0.25) is 48.3 Å². The number of piperidine rings is 1. The number of rotatable bonds is 13. The molecule has 0 radical (unpaired) electrons. The van der Waals surface area contributed by atoms with Crippen molar-refractivity contribution in [2.45, 2.75) is 95.0 Å². The second-order valence-electron chi connectivity index (χ2n) is 15.8. The van der Waals surface area contributed by atoms with Gasteiger partial charge < -0.3 is 15.1 Å². The number of anilines is 3. The lowest BCUT2D eigenvalue weighted by Gasteiger charge is -2.36. The van der Waals surface area contributed by atoms with Crippen molar-refractivity contribution in [1.29, 1.82) is 0 Å². The largest absolute Gasteiger partial charge is 0.367 e. The number of carbonyl (C=O) groups excluding carboxylic acids is 6. The minimum atomic E-state index is -1.000. The molecule has 17 heteroatoms. The van der Waals surface area contributed by atoms with Gasteiger partial charge in [0.25, 0.3) is 17.4 Å². The summed E-state index contributed by atoms with van der Waals surface area (Å²) in [6.45, 7) is 5.76. The predicted molar refractivity (Wildman–Crippen MR) is 225 cm³/mol. The fourth-order valence-corrected chi connectivity index (χ4v) is 9.87. The fraction of sp³-hybridized carbons (Fsp3) is 0.442. The summed E-state index contributed by atoms with van der Waals surface area (Å²) < 4.78 is 1.69. The normalized spacial score (nSPS) is 18.4. The Morgan fingerprint density at radius 1 is 0.900 bits per heavy atom. The zero-order chi connectivity index (χ0) is 42.1. The van der Waals surface area contributed by atoms with Gasteiger partial charge in [0.15, 0.2) is 5.78 Å². The molecule has 1 unspecified atom stereocenters. The number of piperazine rings is 1. The van der Waals surface area contributed by atoms with Crippen LogP contribution in [0.5, 0.6) is 0 Å². The predicted octanol–water partition coefficient (Wildman–Crippen LogP) is 4.96. The van der Waals surface area contributed by atoms with E-state index in [9.17, 15) is 33.6 Å². The minimum absolute atomic E-state index is 0.0125. The van der Waals surface area contributed by atoms with Gasteiger partial charge in [0.2, 0.25) is 23.7 Å². The Morgan fingerprint density at radius 3 is 2.40 bits per heavy atom. The third-order valence-corrected chi connectivity index (χ3v) is 13.1. The molecular weight excluding hydrogens is 787 g/mol. The highest BCUT2D eigenvalue weighted by atomic mass is 32.2. The fourth-order valence-electron chi connectivity index (χ4n) is 8.78. The molecule has 3 aliphatic heterocycles. The number of hydrogen-bond donors (Lipinski definition) is 2. The molecule has 2 saturated heterocycles. The van der Waals surface area contributed by atoms with Gasteiger partial charge >= 0.3 is 0 Å². The summed E-state index contributed by atoms with van der Waals surface area (Å²) in [7, 11) is 0. The van der Waals surface area contributed by atoms with Gasteiger partial charge in [0, 0.05) is 61.5 Å². The summed E-state index contributed by atoms with van der Waals surface area (Å²) in [5.41, 5.74) is 2.52. The zero-order valence-electron chi connectivity index (χ0n) is 33.7. The summed E-state index contributed by atoms with van der Waals surface area (Å²) in [4.78, 5) is 109. The van der Waals surface area contributed by atoms with Gasteiger partial charge in [-0.1, -0.05) is 25.3 Å². The average Bonchev–Trinajstić information content (AvgIpc) is 3.86. The van der Waals surface area contributed by atoms with E-state index >= 15 is 0 Å². The quantitative estimate of drug-likeness (QED) is 0.0795. The van der Waals surface area contributed by atoms with E-state index in [4.69, 9.17) is 4.98 Å². The molecule has 1 aliphatic carbocycles. The molecule has 1 atom stereocenters. The Hall–Kier alpha value is -5.97. The molecule has 60 heavy (non-hydrogen) atoms. The Bertz CT molecular complexity index is 2460. The second-order valence-corrected chi connectivity index (χ2v) is 16.9. The van der Waals surface area contributed by atoms with Crippen LogP contribution < -0.4 is 21.1 Å². The molecule has 312 valence electrons. The van der Waals surface area contributed by atoms with Gasteiger partial charge in [-0.15, -0.1) is 11.8 Å². The van der Waals surface area contributed by atoms with E-state index in [2.05, 4.69) is 25.5 Å². The molecule has 0 spiro atoms. The molecule has 3 aromatic heterocycles. The van der Waals surface area contributed by atoms with Gasteiger partial charge in [-0.05, 0) is 81.5 Å². The molecule has 16 nitrogen and oxygen atoms in total. The number of nitrogens with zero attached hydrogens (tertiary/aromatic N) is 7. The van der Waals surface area contributed by atoms with E-state index in [-0.39, 0.29) is 47.3 Å². The lowest BCUT2D eigenvalue weighted by Crippen LogP contribution is -2.54. The lowest BCUT2D eigenvalue weighted by atomic mass is 10.0. The van der Waals surface area contributed by atoms with E-state index in [1.807, 2.05) is 17.0 Å². The van der Waals surface area contributed by atoms with Crippen molar-refractivity contribution in [2.24, 2.45) is 0 Å². The first-order chi connectivity index (χ1) is 29.0. The maximum atomic E-state index is 13.6. The van der Waals surface area contributed by atoms with Crippen molar-refractivity contribution in [3.05, 3.63) is 75.3 Å². The van der Waals surface area contributed by atoms with Crippen LogP contribution in [0.15, 0.2) is 52.4 Å². The third kappa shape index (κ3) is 8.01. The number of nitrogens with one attached hydrogen (secondary N) is 2. The first-order valence-corrected chi connectivity index (χ1v) is 21.6. The standard InChI is InChI=1S/C43H47N9O7S/c1-25-30-24-45-43(48-38(30)51(27-9-5-6-10-27)41(58)36(25)26(2)53)46-33-16-14-28(23-44-33)49-18-20-50(21-19-49)35(55)13-4-3-7-22-60-32-12-8-11-29-37(32)42(59)52(40(29)57)31-15-17-34(54)47-39(31)56/h8,11-12,14,16,23-24,27,31H,3-7,9-10,13,15,17-22H2,1-2H3,(H,47,54,56)(H,44,45,46,48). The van der Waals surface area contributed by atoms with Gasteiger partial charge in [0.05, 0.1) is 28.6 Å². The number of pyridine rings is 2. The summed E-state index contributed by atoms with van der Waals surface area (Å²) in [6, 6.07) is 7.94. The Kier molecular flexibility index (Phi) is 11.8. The third-order valence-electron chi connectivity index (χ3n) is 12.0. The molecule has 5 amide bonds. The zero-order valence-corrected chi connectivity index (χ0v) is 34.5. The molecule has 4 aliphatic rings. The Balaban J connectivity index is 0.791. The number of Topliss-reactive ketones (excluding diaryl/α,β-unsaturated/α-hetero) is 1. The van der Waals surface area contributed by atoms with Crippen molar-refractivity contribution < 1.29 is 28.8 Å². The van der Waals surface area contributed by atoms with Gasteiger partial charge in [-0.2, -0.15) is 4.98 Å². The number of ketones is 1. The topological polar surface area (TPSA) is 197 Å². The van der Waals surface area contributed by atoms with Crippen LogP contribution in [0.25, 0.3) is 11.0 Å². The summed E-state index contributed by atoms with van der Waals surface area (Å²) in [5, 5.41) is 6.08. The van der Waals surface area contributed by atoms with E-state index in [0.29, 0.717) is 77.2 Å². The van der Waals surface area contributed by atoms with E-state index < -0.39 is 29.7 Å². The van der Waals surface area contributed by atoms with Crippen LogP contribution in [0.2, 0.25) is 0 Å². The summed E-state index contributed by atoms with van der Waals surface area (Å²) in [5.74, 6) is -0.645. The number of imide groups is 2. The molecule has 1 saturated carbocycles. The minimum Gasteiger partial charge on any atom is -0.367 e. The van der Waals surface area contributed by atoms with E-state index in [1.54, 1.807) is 42.1 Å². The number of unbranched alkanes of at least 4 members (excludes halogenated alkanes) is 2. The Labute approximate surface area is 350 Å². The first kappa shape index (κ1) is 40.8. The molecule has 1 aromatic carbocycles.